The first-order valence-electron chi connectivity index (χ1n) is 5.38. The molecule has 0 saturated carbocycles. The summed E-state index contributed by atoms with van der Waals surface area (Å²) in [7, 11) is 1.57. The molecule has 7 heteroatoms. The van der Waals surface area contributed by atoms with Crippen LogP contribution in [0.5, 0.6) is 5.75 Å². The number of amides is 1. The van der Waals surface area contributed by atoms with Gasteiger partial charge in [0.25, 0.3) is 11.6 Å². The van der Waals surface area contributed by atoms with Crippen LogP contribution in [0, 0.1) is 10.1 Å². The van der Waals surface area contributed by atoms with Gasteiger partial charge in [0.15, 0.2) is 11.9 Å². The van der Waals surface area contributed by atoms with Crippen molar-refractivity contribution in [3.05, 3.63) is 28.3 Å². The second-order valence-electron chi connectivity index (χ2n) is 3.93. The minimum Gasteiger partial charge on any atom is -0.478 e. The fraction of sp³-hybridized carbons (Fsp3) is 0.364. The van der Waals surface area contributed by atoms with Gasteiger partial charge in [-0.1, -0.05) is 0 Å². The molecule has 0 aromatic heterocycles. The lowest BCUT2D eigenvalue weighted by molar-refractivity contribution is -0.384. The topological polar surface area (TPSA) is 92.9 Å². The Morgan fingerprint density at radius 1 is 1.56 bits per heavy atom. The van der Waals surface area contributed by atoms with Gasteiger partial charge in [0.05, 0.1) is 16.7 Å². The van der Waals surface area contributed by atoms with E-state index < -0.39 is 11.0 Å². The van der Waals surface area contributed by atoms with E-state index in [0.717, 1.165) is 0 Å². The van der Waals surface area contributed by atoms with Gasteiger partial charge in [0, 0.05) is 26.1 Å². The number of carbonyl (C=O) groups is 1. The van der Waals surface area contributed by atoms with E-state index in [1.54, 1.807) is 7.05 Å². The van der Waals surface area contributed by atoms with Crippen LogP contribution in [0.15, 0.2) is 18.2 Å². The van der Waals surface area contributed by atoms with Gasteiger partial charge in [-0.2, -0.15) is 0 Å². The van der Waals surface area contributed by atoms with E-state index in [0.29, 0.717) is 5.69 Å². The van der Waals surface area contributed by atoms with Crippen LogP contribution in [0.1, 0.15) is 6.42 Å². The van der Waals surface area contributed by atoms with Crippen LogP contribution in [0.2, 0.25) is 0 Å². The molecule has 1 amide bonds. The van der Waals surface area contributed by atoms with Crippen LogP contribution in [0.4, 0.5) is 11.4 Å². The van der Waals surface area contributed by atoms with Crippen molar-refractivity contribution >= 4 is 17.3 Å². The summed E-state index contributed by atoms with van der Waals surface area (Å²) in [6.45, 7) is -0.186. The lowest BCUT2D eigenvalue weighted by Gasteiger charge is -2.31. The maximum absolute atomic E-state index is 11.9. The molecular formula is C11H12N2O5. The minimum absolute atomic E-state index is 0.0979. The fourth-order valence-electron chi connectivity index (χ4n) is 1.83. The van der Waals surface area contributed by atoms with Gasteiger partial charge in [-0.3, -0.25) is 14.9 Å². The summed E-state index contributed by atoms with van der Waals surface area (Å²) in [6, 6.07) is 4.07. The number of nitro groups is 1. The van der Waals surface area contributed by atoms with Gasteiger partial charge in [0.1, 0.15) is 0 Å². The molecule has 1 heterocycles. The third-order valence-corrected chi connectivity index (χ3v) is 2.78. The number of rotatable bonds is 3. The summed E-state index contributed by atoms with van der Waals surface area (Å²) in [5, 5.41) is 19.5. The molecular weight excluding hydrogens is 240 g/mol. The highest BCUT2D eigenvalue weighted by Gasteiger charge is 2.32. The van der Waals surface area contributed by atoms with Crippen molar-refractivity contribution in [3.8, 4) is 5.75 Å². The zero-order chi connectivity index (χ0) is 13.3. The van der Waals surface area contributed by atoms with Gasteiger partial charge >= 0.3 is 0 Å². The first kappa shape index (κ1) is 12.3. The van der Waals surface area contributed by atoms with Crippen LogP contribution in [0.25, 0.3) is 0 Å². The smallest absolute Gasteiger partial charge is 0.273 e. The molecule has 7 nitrogen and oxygen atoms in total. The number of fused-ring (bicyclic) bond motifs is 1. The quantitative estimate of drug-likeness (QED) is 0.631. The Bertz CT molecular complexity index is 502. The van der Waals surface area contributed by atoms with E-state index in [-0.39, 0.29) is 30.4 Å². The highest BCUT2D eigenvalue weighted by molar-refractivity contribution is 5.99. The van der Waals surface area contributed by atoms with Crippen molar-refractivity contribution in [1.29, 1.82) is 0 Å². The van der Waals surface area contributed by atoms with Crippen LogP contribution < -0.4 is 9.64 Å². The highest BCUT2D eigenvalue weighted by atomic mass is 16.6. The zero-order valence-electron chi connectivity index (χ0n) is 9.70. The molecule has 1 atom stereocenters. The van der Waals surface area contributed by atoms with Crippen LogP contribution >= 0.6 is 0 Å². The molecule has 0 fully saturated rings. The summed E-state index contributed by atoms with van der Waals surface area (Å²) >= 11 is 0. The molecule has 18 heavy (non-hydrogen) atoms. The Hall–Kier alpha value is -2.15. The molecule has 1 aliphatic heterocycles. The second-order valence-corrected chi connectivity index (χ2v) is 3.93. The fourth-order valence-corrected chi connectivity index (χ4v) is 1.83. The Labute approximate surface area is 103 Å². The largest absolute Gasteiger partial charge is 0.478 e. The van der Waals surface area contributed by atoms with E-state index in [2.05, 4.69) is 0 Å². The van der Waals surface area contributed by atoms with E-state index in [1.807, 2.05) is 0 Å². The van der Waals surface area contributed by atoms with Gasteiger partial charge < -0.3 is 14.7 Å². The molecule has 1 N–H and O–H groups in total. The number of benzene rings is 1. The summed E-state index contributed by atoms with van der Waals surface area (Å²) < 4.78 is 5.39. The third kappa shape index (κ3) is 2.00. The summed E-state index contributed by atoms with van der Waals surface area (Å²) in [6.07, 6.45) is -0.639. The first-order valence-corrected chi connectivity index (χ1v) is 5.38. The van der Waals surface area contributed by atoms with Gasteiger partial charge in [-0.25, -0.2) is 0 Å². The lowest BCUT2D eigenvalue weighted by Crippen LogP contribution is -2.44. The Morgan fingerprint density at radius 2 is 2.28 bits per heavy atom. The number of carbonyl (C=O) groups excluding carboxylic acids is 1. The molecule has 96 valence electrons. The lowest BCUT2D eigenvalue weighted by atomic mass is 10.1. The Balaban J connectivity index is 2.39. The minimum atomic E-state index is -0.797. The first-order chi connectivity index (χ1) is 8.54. The van der Waals surface area contributed by atoms with Crippen molar-refractivity contribution < 1.29 is 19.6 Å². The normalized spacial score (nSPS) is 18.2. The van der Waals surface area contributed by atoms with E-state index in [4.69, 9.17) is 9.84 Å². The molecule has 2 rings (SSSR count). The van der Waals surface area contributed by atoms with Gasteiger partial charge in [-0.15, -0.1) is 0 Å². The van der Waals surface area contributed by atoms with Crippen LogP contribution in [0.3, 0.4) is 0 Å². The predicted molar refractivity (Wildman–Crippen MR) is 62.6 cm³/mol. The van der Waals surface area contributed by atoms with Crippen LogP contribution in [-0.2, 0) is 4.79 Å². The molecule has 1 unspecified atom stereocenters. The van der Waals surface area contributed by atoms with Crippen molar-refractivity contribution in [2.45, 2.75) is 12.5 Å². The monoisotopic (exact) mass is 252 g/mol. The molecule has 1 aromatic rings. The highest BCUT2D eigenvalue weighted by Crippen LogP contribution is 2.36. The molecule has 1 aliphatic rings. The number of ether oxygens (including phenoxy) is 1. The van der Waals surface area contributed by atoms with E-state index in [9.17, 15) is 14.9 Å². The van der Waals surface area contributed by atoms with Crippen molar-refractivity contribution in [2.75, 3.05) is 18.6 Å². The number of nitro benzene ring substituents is 1. The number of likely N-dealkylation sites (N-methyl/N-ethyl adjacent to an activating group) is 1. The van der Waals surface area contributed by atoms with Crippen molar-refractivity contribution in [1.82, 2.24) is 0 Å². The van der Waals surface area contributed by atoms with Gasteiger partial charge in [-0.05, 0) is 6.07 Å². The van der Waals surface area contributed by atoms with Crippen LogP contribution in [-0.4, -0.2) is 35.7 Å². The number of aliphatic hydroxyl groups is 1. The predicted octanol–water partition coefficient (Wildman–Crippen LogP) is 0.701. The molecule has 0 bridgehead atoms. The maximum atomic E-state index is 11.9. The Kier molecular flexibility index (Phi) is 3.15. The average Bonchev–Trinajstić information content (AvgIpc) is 2.35. The van der Waals surface area contributed by atoms with Crippen molar-refractivity contribution in [2.24, 2.45) is 0 Å². The molecule has 0 spiro atoms. The van der Waals surface area contributed by atoms with E-state index >= 15 is 0 Å². The van der Waals surface area contributed by atoms with E-state index in [1.165, 1.54) is 23.1 Å². The third-order valence-electron chi connectivity index (χ3n) is 2.78. The number of nitrogens with zero attached hydrogens (tertiary/aromatic N) is 2. The summed E-state index contributed by atoms with van der Waals surface area (Å²) in [5.41, 5.74) is 0.388. The zero-order valence-corrected chi connectivity index (χ0v) is 9.70. The number of aliphatic hydroxyl groups excluding tert-OH is 1. The standard InChI is InChI=1S/C11H12N2O5/c1-12-8-3-2-7(13(16)17)6-10(8)18-9(4-5-14)11(12)15/h2-3,6,9,14H,4-5H2,1H3. The second kappa shape index (κ2) is 4.61. The molecule has 0 radical (unpaired) electrons. The number of hydrogen-bond acceptors (Lipinski definition) is 5. The number of anilines is 1. The number of non-ortho nitro benzene ring substituents is 1. The summed E-state index contributed by atoms with van der Waals surface area (Å²) in [5.74, 6) is 0.00940. The molecule has 0 aliphatic carbocycles. The van der Waals surface area contributed by atoms with Gasteiger partial charge in [0.2, 0.25) is 0 Å². The molecule has 0 saturated heterocycles. The SMILES string of the molecule is CN1C(=O)C(CCO)Oc2cc([N+](=O)[O-])ccc21. The maximum Gasteiger partial charge on any atom is 0.273 e. The molecule has 1 aromatic carbocycles. The average molecular weight is 252 g/mol. The van der Waals surface area contributed by atoms with Crippen molar-refractivity contribution in [3.63, 3.8) is 0 Å². The summed E-state index contributed by atoms with van der Waals surface area (Å²) in [4.78, 5) is 23.4. The Morgan fingerprint density at radius 3 is 2.89 bits per heavy atom. The number of hydrogen-bond donors (Lipinski definition) is 1.